The maximum Gasteiger partial charge on any atom is 0.417 e. The number of alkyl halides is 5. The highest BCUT2D eigenvalue weighted by molar-refractivity contribution is 6.29. The molecule has 7 nitrogen and oxygen atoms in total. The van der Waals surface area contributed by atoms with Crippen LogP contribution < -0.4 is 9.64 Å². The van der Waals surface area contributed by atoms with Crippen molar-refractivity contribution in [1.82, 2.24) is 24.8 Å². The summed E-state index contributed by atoms with van der Waals surface area (Å²) in [6, 6.07) is 3.00. The van der Waals surface area contributed by atoms with Crippen molar-refractivity contribution in [2.45, 2.75) is 18.2 Å². The third-order valence-corrected chi connectivity index (χ3v) is 4.32. The zero-order valence-corrected chi connectivity index (χ0v) is 14.5. The van der Waals surface area contributed by atoms with E-state index >= 15 is 0 Å². The standard InChI is InChI=1S/C15H10ClF5N6O/c16-11-3-9(13-23-7-24-27(13)25-11)26-5-10(14(17,18)6-26)28-12-2-1-8(4-22-12)15(19,20)21/h1-4,7,10H,5-6H2. The Labute approximate surface area is 158 Å². The van der Waals surface area contributed by atoms with Crippen molar-refractivity contribution in [3.05, 3.63) is 41.4 Å². The van der Waals surface area contributed by atoms with Crippen LogP contribution in [-0.2, 0) is 6.18 Å². The Morgan fingerprint density at radius 1 is 1.21 bits per heavy atom. The molecular formula is C15H10ClF5N6O. The molecule has 3 aromatic rings. The maximum absolute atomic E-state index is 14.5. The van der Waals surface area contributed by atoms with Crippen LogP contribution in [0.25, 0.3) is 5.65 Å². The normalized spacial score (nSPS) is 19.4. The first-order valence-electron chi connectivity index (χ1n) is 7.83. The van der Waals surface area contributed by atoms with Crippen LogP contribution in [0.1, 0.15) is 5.56 Å². The van der Waals surface area contributed by atoms with Gasteiger partial charge in [0.15, 0.2) is 16.9 Å². The first-order valence-corrected chi connectivity index (χ1v) is 8.20. The second kappa shape index (κ2) is 6.40. The molecule has 1 aliphatic heterocycles. The second-order valence-electron chi connectivity index (χ2n) is 6.06. The fraction of sp³-hybridized carbons (Fsp3) is 0.333. The van der Waals surface area contributed by atoms with Crippen LogP contribution in [0, 0.1) is 0 Å². The van der Waals surface area contributed by atoms with E-state index < -0.39 is 30.3 Å². The number of rotatable bonds is 3. The minimum Gasteiger partial charge on any atom is -0.466 e. The molecule has 0 aliphatic carbocycles. The number of hydrogen-bond acceptors (Lipinski definition) is 6. The zero-order valence-electron chi connectivity index (χ0n) is 13.7. The van der Waals surface area contributed by atoms with Gasteiger partial charge in [-0.15, -0.1) is 14.8 Å². The van der Waals surface area contributed by atoms with Gasteiger partial charge in [0.1, 0.15) is 6.33 Å². The van der Waals surface area contributed by atoms with Gasteiger partial charge in [-0.05, 0) is 6.07 Å². The molecule has 1 saturated heterocycles. The first kappa shape index (κ1) is 18.6. The number of pyridine rings is 1. The number of hydrogen-bond donors (Lipinski definition) is 0. The molecule has 28 heavy (non-hydrogen) atoms. The average molecular weight is 421 g/mol. The van der Waals surface area contributed by atoms with Gasteiger partial charge in [0.25, 0.3) is 0 Å². The number of ether oxygens (including phenoxy) is 1. The van der Waals surface area contributed by atoms with Crippen molar-refractivity contribution in [2.24, 2.45) is 0 Å². The monoisotopic (exact) mass is 420 g/mol. The van der Waals surface area contributed by atoms with Gasteiger partial charge in [0, 0.05) is 18.3 Å². The van der Waals surface area contributed by atoms with Gasteiger partial charge in [0.2, 0.25) is 5.88 Å². The van der Waals surface area contributed by atoms with E-state index in [1.807, 2.05) is 0 Å². The minimum atomic E-state index is -4.58. The van der Waals surface area contributed by atoms with Crippen molar-refractivity contribution in [1.29, 1.82) is 0 Å². The van der Waals surface area contributed by atoms with Gasteiger partial charge in [0.05, 0.1) is 24.3 Å². The van der Waals surface area contributed by atoms with E-state index in [1.54, 1.807) is 0 Å². The molecule has 1 aliphatic rings. The first-order chi connectivity index (χ1) is 13.1. The molecule has 1 fully saturated rings. The average Bonchev–Trinajstić information content (AvgIpc) is 3.18. The highest BCUT2D eigenvalue weighted by Crippen LogP contribution is 2.36. The molecular weight excluding hydrogens is 411 g/mol. The van der Waals surface area contributed by atoms with Crippen molar-refractivity contribution >= 4 is 22.9 Å². The van der Waals surface area contributed by atoms with Gasteiger partial charge in [-0.25, -0.2) is 18.7 Å². The number of nitrogens with zero attached hydrogens (tertiary/aromatic N) is 6. The van der Waals surface area contributed by atoms with E-state index in [0.717, 1.165) is 16.8 Å². The molecule has 0 saturated carbocycles. The third-order valence-electron chi connectivity index (χ3n) is 4.13. The van der Waals surface area contributed by atoms with Crippen molar-refractivity contribution in [2.75, 3.05) is 18.0 Å². The van der Waals surface area contributed by atoms with E-state index in [0.29, 0.717) is 6.20 Å². The Kier molecular flexibility index (Phi) is 4.25. The molecule has 1 unspecified atom stereocenters. The fourth-order valence-corrected chi connectivity index (χ4v) is 3.01. The van der Waals surface area contributed by atoms with E-state index in [2.05, 4.69) is 20.2 Å². The summed E-state index contributed by atoms with van der Waals surface area (Å²) in [7, 11) is 0. The Morgan fingerprint density at radius 3 is 2.68 bits per heavy atom. The van der Waals surface area contributed by atoms with Gasteiger partial charge in [-0.3, -0.25) is 0 Å². The molecule has 3 aromatic heterocycles. The molecule has 4 rings (SSSR count). The molecule has 0 amide bonds. The maximum atomic E-state index is 14.5. The summed E-state index contributed by atoms with van der Waals surface area (Å²) >= 11 is 5.90. The van der Waals surface area contributed by atoms with Crippen molar-refractivity contribution in [3.8, 4) is 5.88 Å². The number of aromatic nitrogens is 5. The van der Waals surface area contributed by atoms with Crippen LogP contribution >= 0.6 is 11.6 Å². The van der Waals surface area contributed by atoms with Crippen LogP contribution in [0.5, 0.6) is 5.88 Å². The topological polar surface area (TPSA) is 68.4 Å². The zero-order chi connectivity index (χ0) is 20.1. The fourth-order valence-electron chi connectivity index (χ4n) is 2.83. The number of anilines is 1. The van der Waals surface area contributed by atoms with Crippen molar-refractivity contribution < 1.29 is 26.7 Å². The van der Waals surface area contributed by atoms with Crippen LogP contribution in [0.3, 0.4) is 0 Å². The number of halogens is 6. The van der Waals surface area contributed by atoms with Crippen LogP contribution in [0.4, 0.5) is 27.6 Å². The quantitative estimate of drug-likeness (QED) is 0.607. The smallest absolute Gasteiger partial charge is 0.417 e. The largest absolute Gasteiger partial charge is 0.466 e. The lowest BCUT2D eigenvalue weighted by molar-refractivity contribution is -0.137. The second-order valence-corrected chi connectivity index (χ2v) is 6.44. The summed E-state index contributed by atoms with van der Waals surface area (Å²) in [5.41, 5.74) is -0.488. The molecule has 4 heterocycles. The highest BCUT2D eigenvalue weighted by Gasteiger charge is 2.51. The lowest BCUT2D eigenvalue weighted by Crippen LogP contribution is -2.36. The van der Waals surface area contributed by atoms with Gasteiger partial charge >= 0.3 is 12.1 Å². The molecule has 0 bridgehead atoms. The lowest BCUT2D eigenvalue weighted by Gasteiger charge is -2.18. The molecule has 148 valence electrons. The summed E-state index contributed by atoms with van der Waals surface area (Å²) in [6.07, 6.45) is -4.48. The van der Waals surface area contributed by atoms with Gasteiger partial charge in [-0.1, -0.05) is 11.6 Å². The summed E-state index contributed by atoms with van der Waals surface area (Å²) in [5.74, 6) is -3.63. The lowest BCUT2D eigenvalue weighted by atomic mass is 10.2. The van der Waals surface area contributed by atoms with E-state index in [4.69, 9.17) is 16.3 Å². The molecule has 0 radical (unpaired) electrons. The number of fused-ring (bicyclic) bond motifs is 1. The van der Waals surface area contributed by atoms with E-state index in [-0.39, 0.29) is 28.9 Å². The van der Waals surface area contributed by atoms with Gasteiger partial charge < -0.3 is 9.64 Å². The predicted octanol–water partition coefficient (Wildman–Crippen LogP) is 3.09. The molecule has 13 heteroatoms. The summed E-state index contributed by atoms with van der Waals surface area (Å²) in [6.45, 7) is -0.972. The highest BCUT2D eigenvalue weighted by atomic mass is 35.5. The van der Waals surface area contributed by atoms with E-state index in [1.165, 1.54) is 17.3 Å². The molecule has 0 aromatic carbocycles. The molecule has 0 spiro atoms. The Balaban J connectivity index is 1.57. The summed E-state index contributed by atoms with van der Waals surface area (Å²) in [4.78, 5) is 8.75. The minimum absolute atomic E-state index is 0.0325. The van der Waals surface area contributed by atoms with Crippen LogP contribution in [0.15, 0.2) is 30.7 Å². The van der Waals surface area contributed by atoms with Crippen LogP contribution in [0.2, 0.25) is 5.15 Å². The Morgan fingerprint density at radius 2 is 2.00 bits per heavy atom. The predicted molar refractivity (Wildman–Crippen MR) is 86.6 cm³/mol. The molecule has 0 N–H and O–H groups in total. The SMILES string of the molecule is FC(F)(F)c1ccc(OC2CN(c3cc(Cl)nn4ncnc34)CC2(F)F)nc1. The van der Waals surface area contributed by atoms with Gasteiger partial charge in [-0.2, -0.15) is 13.2 Å². The third kappa shape index (κ3) is 3.39. The van der Waals surface area contributed by atoms with Crippen LogP contribution in [-0.4, -0.2) is 49.9 Å². The van der Waals surface area contributed by atoms with E-state index in [9.17, 15) is 22.0 Å². The molecule has 1 atom stereocenters. The van der Waals surface area contributed by atoms with Crippen molar-refractivity contribution in [3.63, 3.8) is 0 Å². The summed E-state index contributed by atoms with van der Waals surface area (Å²) in [5, 5.41) is 7.74. The summed E-state index contributed by atoms with van der Waals surface area (Å²) < 4.78 is 73.0. The Hall–Kier alpha value is -2.76. The Bertz CT molecular complexity index is 1010.